The van der Waals surface area contributed by atoms with Crippen LogP contribution in [-0.2, 0) is 15.8 Å². The minimum Gasteiger partial charge on any atom is -0.489 e. The van der Waals surface area contributed by atoms with E-state index in [9.17, 15) is 9.59 Å². The first kappa shape index (κ1) is 28.2. The van der Waals surface area contributed by atoms with Crippen molar-refractivity contribution < 1.29 is 23.5 Å². The smallest absolute Gasteiger partial charge is 0.408 e. The van der Waals surface area contributed by atoms with Gasteiger partial charge in [-0.2, -0.15) is 0 Å². The fraction of sp³-hybridized carbons (Fsp3) is 0.500. The number of amides is 1. The molecular weight excluding hydrogens is 494 g/mol. The molecular formula is C28H38ClNO5Si. The number of Topliss-reactive ketones (excluding diaryl/α,β-unsaturated/α-hetero) is 1. The molecule has 8 heteroatoms. The van der Waals surface area contributed by atoms with Gasteiger partial charge in [-0.15, -0.1) is 0 Å². The average Bonchev–Trinajstić information content (AvgIpc) is 3.34. The Bertz CT molecular complexity index is 1030. The maximum atomic E-state index is 13.5. The van der Waals surface area contributed by atoms with Crippen molar-refractivity contribution in [1.29, 1.82) is 0 Å². The molecule has 1 aliphatic carbocycles. The summed E-state index contributed by atoms with van der Waals surface area (Å²) in [6, 6.07) is 13.5. The molecule has 3 rings (SSSR count). The molecule has 0 saturated heterocycles. The zero-order chi connectivity index (χ0) is 26.3. The maximum Gasteiger partial charge on any atom is 0.408 e. The molecule has 0 unspecified atom stereocenters. The summed E-state index contributed by atoms with van der Waals surface area (Å²) < 4.78 is 17.7. The number of carbonyl (C=O) groups excluding carboxylic acids is 2. The van der Waals surface area contributed by atoms with Gasteiger partial charge in [0.2, 0.25) is 0 Å². The first-order valence-corrected chi connectivity index (χ1v) is 15.9. The van der Waals surface area contributed by atoms with Crippen LogP contribution >= 0.6 is 11.6 Å². The molecule has 0 aromatic heterocycles. The van der Waals surface area contributed by atoms with Gasteiger partial charge in [-0.05, 0) is 67.6 Å². The monoisotopic (exact) mass is 531 g/mol. The van der Waals surface area contributed by atoms with Crippen LogP contribution in [0.15, 0.2) is 48.5 Å². The second-order valence-electron chi connectivity index (χ2n) is 10.9. The number of alkyl carbamates (subject to hydrolysis) is 1. The lowest BCUT2D eigenvalue weighted by molar-refractivity contribution is 0.0869. The normalized spacial score (nSPS) is 15.4. The SMILES string of the molecule is CC(C)(C)[Si](C)(C)OC[C@@H](NC(=O)OCc1ccccc1)C(=O)c1ccc(OC2CCCC2)c(Cl)c1. The van der Waals surface area contributed by atoms with E-state index in [0.717, 1.165) is 31.2 Å². The van der Waals surface area contributed by atoms with E-state index in [4.69, 9.17) is 25.5 Å². The topological polar surface area (TPSA) is 73.9 Å². The van der Waals surface area contributed by atoms with Crippen LogP contribution in [0.1, 0.15) is 62.4 Å². The van der Waals surface area contributed by atoms with Crippen LogP contribution in [0.2, 0.25) is 23.2 Å². The van der Waals surface area contributed by atoms with Gasteiger partial charge in [0.25, 0.3) is 0 Å². The van der Waals surface area contributed by atoms with Gasteiger partial charge in [-0.1, -0.05) is 62.7 Å². The zero-order valence-corrected chi connectivity index (χ0v) is 23.7. The molecule has 1 amide bonds. The zero-order valence-electron chi connectivity index (χ0n) is 21.9. The third-order valence-electron chi connectivity index (χ3n) is 7.05. The van der Waals surface area contributed by atoms with Gasteiger partial charge in [0, 0.05) is 5.56 Å². The summed E-state index contributed by atoms with van der Waals surface area (Å²) in [5.41, 5.74) is 1.24. The molecule has 196 valence electrons. The van der Waals surface area contributed by atoms with E-state index in [-0.39, 0.29) is 30.1 Å². The first-order valence-electron chi connectivity index (χ1n) is 12.6. The Morgan fingerprint density at radius 1 is 1.08 bits per heavy atom. The lowest BCUT2D eigenvalue weighted by atomic mass is 10.0. The molecule has 36 heavy (non-hydrogen) atoms. The fourth-order valence-electron chi connectivity index (χ4n) is 3.73. The number of ketones is 1. The Kier molecular flexibility index (Phi) is 9.61. The number of halogens is 1. The molecule has 0 aliphatic heterocycles. The third-order valence-corrected chi connectivity index (χ3v) is 11.8. The van der Waals surface area contributed by atoms with Crippen molar-refractivity contribution in [3.63, 3.8) is 0 Å². The van der Waals surface area contributed by atoms with E-state index >= 15 is 0 Å². The Labute approximate surface area is 220 Å². The average molecular weight is 532 g/mol. The summed E-state index contributed by atoms with van der Waals surface area (Å²) in [6.45, 7) is 10.7. The summed E-state index contributed by atoms with van der Waals surface area (Å²) >= 11 is 6.48. The van der Waals surface area contributed by atoms with Gasteiger partial charge in [0.15, 0.2) is 14.1 Å². The molecule has 1 saturated carbocycles. The van der Waals surface area contributed by atoms with Crippen molar-refractivity contribution >= 4 is 31.8 Å². The van der Waals surface area contributed by atoms with Crippen LogP contribution in [-0.4, -0.2) is 38.9 Å². The highest BCUT2D eigenvalue weighted by Crippen LogP contribution is 2.37. The molecule has 6 nitrogen and oxygen atoms in total. The standard InChI is InChI=1S/C28H38ClNO5Si/c1-28(2,3)36(4,5)34-19-24(30-27(32)33-18-20-11-7-6-8-12-20)26(31)21-15-16-25(23(29)17-21)35-22-13-9-10-14-22/h6-8,11-12,15-17,22,24H,9-10,13-14,18-19H2,1-5H3,(H,30,32)/t24-/m1/s1. The highest BCUT2D eigenvalue weighted by Gasteiger charge is 2.38. The van der Waals surface area contributed by atoms with Gasteiger partial charge in [-0.3, -0.25) is 4.79 Å². The highest BCUT2D eigenvalue weighted by atomic mass is 35.5. The van der Waals surface area contributed by atoms with E-state index in [0.29, 0.717) is 16.3 Å². The maximum absolute atomic E-state index is 13.5. The van der Waals surface area contributed by atoms with Gasteiger partial charge >= 0.3 is 6.09 Å². The van der Waals surface area contributed by atoms with Crippen molar-refractivity contribution in [1.82, 2.24) is 5.32 Å². The van der Waals surface area contributed by atoms with Gasteiger partial charge in [0.05, 0.1) is 17.7 Å². The van der Waals surface area contributed by atoms with E-state index in [1.165, 1.54) is 0 Å². The Balaban J connectivity index is 1.72. The van der Waals surface area contributed by atoms with E-state index < -0.39 is 20.5 Å². The van der Waals surface area contributed by atoms with Crippen molar-refractivity contribution in [2.75, 3.05) is 6.61 Å². The number of nitrogens with one attached hydrogen (secondary N) is 1. The second-order valence-corrected chi connectivity index (χ2v) is 16.1. The molecule has 2 aromatic rings. The highest BCUT2D eigenvalue weighted by molar-refractivity contribution is 6.74. The number of ether oxygens (including phenoxy) is 2. The Hall–Kier alpha value is -2.35. The van der Waals surface area contributed by atoms with Crippen LogP contribution in [0.3, 0.4) is 0 Å². The molecule has 1 N–H and O–H groups in total. The number of benzene rings is 2. The van der Waals surface area contributed by atoms with Gasteiger partial charge < -0.3 is 19.2 Å². The molecule has 0 radical (unpaired) electrons. The first-order chi connectivity index (χ1) is 17.0. The number of rotatable bonds is 10. The predicted octanol–water partition coefficient (Wildman–Crippen LogP) is 7.16. The largest absolute Gasteiger partial charge is 0.489 e. The predicted molar refractivity (Wildman–Crippen MR) is 145 cm³/mol. The van der Waals surface area contributed by atoms with Crippen LogP contribution in [0.5, 0.6) is 5.75 Å². The quantitative estimate of drug-likeness (QED) is 0.260. The molecule has 1 aliphatic rings. The molecule has 2 aromatic carbocycles. The summed E-state index contributed by atoms with van der Waals surface area (Å²) in [5.74, 6) is 0.282. The minimum absolute atomic E-state index is 0.0447. The molecule has 1 fully saturated rings. The number of hydrogen-bond acceptors (Lipinski definition) is 5. The summed E-state index contributed by atoms with van der Waals surface area (Å²) in [4.78, 5) is 26.1. The van der Waals surface area contributed by atoms with Crippen molar-refractivity contribution in [2.45, 2.75) is 83.3 Å². The summed E-state index contributed by atoms with van der Waals surface area (Å²) in [5, 5.41) is 3.05. The lowest BCUT2D eigenvalue weighted by Crippen LogP contribution is -2.49. The van der Waals surface area contributed by atoms with E-state index in [2.05, 4.69) is 39.2 Å². The summed E-state index contributed by atoms with van der Waals surface area (Å²) in [7, 11) is -2.17. The molecule has 1 atom stereocenters. The van der Waals surface area contributed by atoms with Crippen LogP contribution in [0.4, 0.5) is 4.79 Å². The van der Waals surface area contributed by atoms with Crippen LogP contribution in [0.25, 0.3) is 0 Å². The second kappa shape index (κ2) is 12.3. The Morgan fingerprint density at radius 3 is 2.36 bits per heavy atom. The lowest BCUT2D eigenvalue weighted by Gasteiger charge is -2.37. The van der Waals surface area contributed by atoms with Crippen LogP contribution < -0.4 is 10.1 Å². The van der Waals surface area contributed by atoms with E-state index in [1.807, 2.05) is 30.3 Å². The van der Waals surface area contributed by atoms with Crippen molar-refractivity contribution in [2.24, 2.45) is 0 Å². The summed E-state index contributed by atoms with van der Waals surface area (Å²) in [6.07, 6.45) is 3.82. The third kappa shape index (κ3) is 7.82. The Morgan fingerprint density at radius 2 is 1.75 bits per heavy atom. The number of hydrogen-bond donors (Lipinski definition) is 1. The van der Waals surface area contributed by atoms with Crippen molar-refractivity contribution in [3.05, 3.63) is 64.7 Å². The van der Waals surface area contributed by atoms with Crippen LogP contribution in [0, 0.1) is 0 Å². The molecule has 0 spiro atoms. The fourth-order valence-corrected chi connectivity index (χ4v) is 4.98. The van der Waals surface area contributed by atoms with Crippen molar-refractivity contribution in [3.8, 4) is 5.75 Å². The molecule has 0 heterocycles. The van der Waals surface area contributed by atoms with Gasteiger partial charge in [-0.25, -0.2) is 4.79 Å². The molecule has 0 bridgehead atoms. The van der Waals surface area contributed by atoms with E-state index in [1.54, 1.807) is 18.2 Å². The van der Waals surface area contributed by atoms with Gasteiger partial charge in [0.1, 0.15) is 18.4 Å². The number of carbonyl (C=O) groups is 2. The minimum atomic E-state index is -2.17.